The van der Waals surface area contributed by atoms with Gasteiger partial charge in [0.05, 0.1) is 0 Å². The van der Waals surface area contributed by atoms with Gasteiger partial charge >= 0.3 is 6.09 Å². The highest BCUT2D eigenvalue weighted by Gasteiger charge is 2.18. The Kier molecular flexibility index (Phi) is 5.67. The Labute approximate surface area is 90.7 Å². The van der Waals surface area contributed by atoms with Crippen molar-refractivity contribution in [3.05, 3.63) is 12.7 Å². The van der Waals surface area contributed by atoms with Crippen LogP contribution in [0.3, 0.4) is 0 Å². The molecule has 0 aliphatic rings. The molecular formula is C11H19NO3. The molecule has 0 rings (SSSR count). The van der Waals surface area contributed by atoms with Crippen LogP contribution < -0.4 is 5.32 Å². The molecule has 0 saturated carbocycles. The number of hydrogen-bond donors (Lipinski definition) is 1. The molecule has 1 amide bonds. The Morgan fingerprint density at radius 1 is 1.47 bits per heavy atom. The fraction of sp³-hybridized carbons (Fsp3) is 0.636. The van der Waals surface area contributed by atoms with E-state index >= 15 is 0 Å². The third-order valence-corrected chi connectivity index (χ3v) is 1.55. The van der Waals surface area contributed by atoms with Gasteiger partial charge in [-0.1, -0.05) is 6.08 Å². The lowest BCUT2D eigenvalue weighted by Gasteiger charge is -2.22. The van der Waals surface area contributed by atoms with Crippen LogP contribution in [0, 0.1) is 0 Å². The summed E-state index contributed by atoms with van der Waals surface area (Å²) in [7, 11) is 0. The smallest absolute Gasteiger partial charge is 0.407 e. The Balaban J connectivity index is 4.10. The highest BCUT2D eigenvalue weighted by molar-refractivity contribution is 5.68. The van der Waals surface area contributed by atoms with Crippen molar-refractivity contribution in [1.29, 1.82) is 0 Å². The minimum absolute atomic E-state index is 0.227. The largest absolute Gasteiger partial charge is 0.444 e. The maximum atomic E-state index is 11.3. The van der Waals surface area contributed by atoms with Crippen LogP contribution in [0.25, 0.3) is 0 Å². The number of carbonyl (C=O) groups is 2. The minimum Gasteiger partial charge on any atom is -0.444 e. The molecular weight excluding hydrogens is 194 g/mol. The van der Waals surface area contributed by atoms with Crippen LogP contribution in [-0.4, -0.2) is 24.0 Å². The maximum Gasteiger partial charge on any atom is 0.407 e. The quantitative estimate of drug-likeness (QED) is 0.561. The summed E-state index contributed by atoms with van der Waals surface area (Å²) in [6.07, 6.45) is 2.75. The van der Waals surface area contributed by atoms with Gasteiger partial charge in [0.25, 0.3) is 0 Å². The average molecular weight is 213 g/mol. The van der Waals surface area contributed by atoms with Crippen LogP contribution in [0.2, 0.25) is 0 Å². The summed E-state index contributed by atoms with van der Waals surface area (Å²) in [5.74, 6) is 0. The van der Waals surface area contributed by atoms with Crippen molar-refractivity contribution in [3.8, 4) is 0 Å². The van der Waals surface area contributed by atoms with Gasteiger partial charge in [-0.2, -0.15) is 0 Å². The van der Waals surface area contributed by atoms with E-state index in [1.54, 1.807) is 26.8 Å². The predicted molar refractivity (Wildman–Crippen MR) is 58.7 cm³/mol. The molecule has 0 radical (unpaired) electrons. The summed E-state index contributed by atoms with van der Waals surface area (Å²) >= 11 is 0. The maximum absolute atomic E-state index is 11.3. The molecule has 0 bridgehead atoms. The van der Waals surface area contributed by atoms with Crippen molar-refractivity contribution in [2.75, 3.05) is 0 Å². The Hall–Kier alpha value is -1.32. The van der Waals surface area contributed by atoms with E-state index in [0.29, 0.717) is 6.42 Å². The van der Waals surface area contributed by atoms with Crippen LogP contribution in [0.4, 0.5) is 4.79 Å². The van der Waals surface area contributed by atoms with E-state index in [9.17, 15) is 9.59 Å². The Morgan fingerprint density at radius 2 is 2.07 bits per heavy atom. The van der Waals surface area contributed by atoms with Gasteiger partial charge in [-0.15, -0.1) is 6.58 Å². The summed E-state index contributed by atoms with van der Waals surface area (Å²) in [6.45, 7) is 8.92. The number of carbonyl (C=O) groups excluding carboxylic acids is 2. The van der Waals surface area contributed by atoms with E-state index in [1.807, 2.05) is 0 Å². The number of aldehydes is 1. The van der Waals surface area contributed by atoms with Crippen molar-refractivity contribution in [2.45, 2.75) is 45.3 Å². The second kappa shape index (κ2) is 6.22. The molecule has 86 valence electrons. The lowest BCUT2D eigenvalue weighted by Crippen LogP contribution is -2.39. The molecule has 1 N–H and O–H groups in total. The highest BCUT2D eigenvalue weighted by atomic mass is 16.6. The first-order valence-electron chi connectivity index (χ1n) is 4.93. The van der Waals surface area contributed by atoms with Gasteiger partial charge in [0, 0.05) is 12.5 Å². The fourth-order valence-corrected chi connectivity index (χ4v) is 1.01. The third-order valence-electron chi connectivity index (χ3n) is 1.55. The van der Waals surface area contributed by atoms with Gasteiger partial charge in [-0.25, -0.2) is 4.79 Å². The highest BCUT2D eigenvalue weighted by Crippen LogP contribution is 2.07. The van der Waals surface area contributed by atoms with Crippen molar-refractivity contribution in [2.24, 2.45) is 0 Å². The molecule has 0 aromatic carbocycles. The molecule has 0 aliphatic heterocycles. The van der Waals surface area contributed by atoms with E-state index in [4.69, 9.17) is 4.74 Å². The molecule has 0 unspecified atom stereocenters. The summed E-state index contributed by atoms with van der Waals surface area (Å²) < 4.78 is 5.06. The lowest BCUT2D eigenvalue weighted by atomic mass is 10.1. The van der Waals surface area contributed by atoms with E-state index in [1.165, 1.54) is 0 Å². The van der Waals surface area contributed by atoms with Crippen molar-refractivity contribution >= 4 is 12.4 Å². The summed E-state index contributed by atoms with van der Waals surface area (Å²) in [4.78, 5) is 21.7. The number of amides is 1. The molecule has 1 atom stereocenters. The molecule has 15 heavy (non-hydrogen) atoms. The van der Waals surface area contributed by atoms with E-state index < -0.39 is 11.7 Å². The second-order valence-electron chi connectivity index (χ2n) is 4.27. The third kappa shape index (κ3) is 7.73. The Morgan fingerprint density at radius 3 is 2.47 bits per heavy atom. The molecule has 4 heteroatoms. The summed E-state index contributed by atoms with van der Waals surface area (Å²) in [5.41, 5.74) is -0.524. The van der Waals surface area contributed by atoms with Gasteiger partial charge in [-0.3, -0.25) is 0 Å². The van der Waals surface area contributed by atoms with Gasteiger partial charge in [0.2, 0.25) is 0 Å². The van der Waals surface area contributed by atoms with Crippen LogP contribution in [0.15, 0.2) is 12.7 Å². The summed E-state index contributed by atoms with van der Waals surface area (Å²) in [5, 5.41) is 2.61. The molecule has 0 saturated heterocycles. The molecule has 0 heterocycles. The van der Waals surface area contributed by atoms with E-state index in [2.05, 4.69) is 11.9 Å². The molecule has 0 fully saturated rings. The number of rotatable bonds is 5. The topological polar surface area (TPSA) is 55.4 Å². The molecule has 0 spiro atoms. The molecule has 0 aliphatic carbocycles. The Bertz CT molecular complexity index is 220. The number of nitrogens with one attached hydrogen (secondary N) is 1. The van der Waals surface area contributed by atoms with Crippen LogP contribution in [0.5, 0.6) is 0 Å². The standard InChI is InChI=1S/C11H19NO3/c1-5-6-9(7-8-13)12-10(14)15-11(2,3)4/h5,8-9H,1,6-7H2,2-4H3,(H,12,14)/t9-/m0/s1. The zero-order valence-corrected chi connectivity index (χ0v) is 9.58. The van der Waals surface area contributed by atoms with Gasteiger partial charge in [0.15, 0.2) is 0 Å². The molecule has 4 nitrogen and oxygen atoms in total. The second-order valence-corrected chi connectivity index (χ2v) is 4.27. The normalized spacial score (nSPS) is 12.7. The minimum atomic E-state index is -0.524. The van der Waals surface area contributed by atoms with Crippen molar-refractivity contribution < 1.29 is 14.3 Å². The van der Waals surface area contributed by atoms with Gasteiger partial charge in [0.1, 0.15) is 11.9 Å². The lowest BCUT2D eigenvalue weighted by molar-refractivity contribution is -0.108. The number of ether oxygens (including phenoxy) is 1. The average Bonchev–Trinajstić information content (AvgIpc) is 2.00. The fourth-order valence-electron chi connectivity index (χ4n) is 1.01. The monoisotopic (exact) mass is 213 g/mol. The van der Waals surface area contributed by atoms with Crippen LogP contribution >= 0.6 is 0 Å². The van der Waals surface area contributed by atoms with Gasteiger partial charge in [-0.05, 0) is 27.2 Å². The molecule has 0 aromatic heterocycles. The van der Waals surface area contributed by atoms with E-state index in [-0.39, 0.29) is 12.5 Å². The first-order valence-corrected chi connectivity index (χ1v) is 4.93. The molecule has 0 aromatic rings. The first kappa shape index (κ1) is 13.7. The van der Waals surface area contributed by atoms with Crippen LogP contribution in [0.1, 0.15) is 33.6 Å². The number of alkyl carbamates (subject to hydrolysis) is 1. The van der Waals surface area contributed by atoms with Crippen molar-refractivity contribution in [1.82, 2.24) is 5.32 Å². The van der Waals surface area contributed by atoms with Gasteiger partial charge < -0.3 is 14.8 Å². The SMILES string of the molecule is C=CC[C@@H](CC=O)NC(=O)OC(C)(C)C. The van der Waals surface area contributed by atoms with E-state index in [0.717, 1.165) is 6.29 Å². The first-order chi connectivity index (χ1) is 6.89. The zero-order chi connectivity index (χ0) is 11.9. The predicted octanol–water partition coefficient (Wildman–Crippen LogP) is 2.04. The number of hydrogen-bond acceptors (Lipinski definition) is 3. The zero-order valence-electron chi connectivity index (χ0n) is 9.58. The van der Waals surface area contributed by atoms with Crippen molar-refractivity contribution in [3.63, 3.8) is 0 Å². The summed E-state index contributed by atoms with van der Waals surface area (Å²) in [6, 6.07) is -0.227. The van der Waals surface area contributed by atoms with Crippen LogP contribution in [-0.2, 0) is 9.53 Å².